The number of hydrogen-bond donors (Lipinski definition) is 2. The van der Waals surface area contributed by atoms with Crippen LogP contribution in [-0.2, 0) is 6.54 Å². The molecule has 1 fully saturated rings. The van der Waals surface area contributed by atoms with Crippen LogP contribution in [0.2, 0.25) is 0 Å². The highest BCUT2D eigenvalue weighted by Crippen LogP contribution is 2.17. The fourth-order valence-corrected chi connectivity index (χ4v) is 2.69. The second-order valence-electron chi connectivity index (χ2n) is 5.70. The maximum absolute atomic E-state index is 13.9. The Bertz CT molecular complexity index is 449. The number of benzene rings is 1. The maximum atomic E-state index is 13.9. The number of halogens is 1. The van der Waals surface area contributed by atoms with Gasteiger partial charge in [-0.15, -0.1) is 0 Å². The summed E-state index contributed by atoms with van der Waals surface area (Å²) < 4.78 is 13.9. The van der Waals surface area contributed by atoms with Gasteiger partial charge >= 0.3 is 7.12 Å². The number of piperidine rings is 1. The quantitative estimate of drug-likeness (QED) is 0.764. The zero-order chi connectivity index (χ0) is 14.7. The van der Waals surface area contributed by atoms with Crippen molar-refractivity contribution >= 4 is 12.6 Å². The van der Waals surface area contributed by atoms with E-state index in [0.29, 0.717) is 18.2 Å². The number of likely N-dealkylation sites (tertiary alicyclic amines) is 1. The lowest BCUT2D eigenvalue weighted by atomic mass is 9.80. The molecule has 1 aliphatic heterocycles. The van der Waals surface area contributed by atoms with Crippen LogP contribution in [0.4, 0.5) is 4.39 Å². The Kier molecular flexibility index (Phi) is 5.15. The molecule has 0 atom stereocenters. The molecule has 1 heterocycles. The summed E-state index contributed by atoms with van der Waals surface area (Å²) >= 11 is 0. The summed E-state index contributed by atoms with van der Waals surface area (Å²) in [7, 11) is 2.58. The molecule has 0 spiro atoms. The predicted molar refractivity (Wildman–Crippen MR) is 78.2 cm³/mol. The van der Waals surface area contributed by atoms with Gasteiger partial charge in [0.05, 0.1) is 0 Å². The molecular formula is C14H22BFN2O2. The van der Waals surface area contributed by atoms with Gasteiger partial charge in [0.2, 0.25) is 0 Å². The molecule has 0 amide bonds. The van der Waals surface area contributed by atoms with Crippen LogP contribution in [0.25, 0.3) is 0 Å². The Morgan fingerprint density at radius 3 is 2.45 bits per heavy atom. The monoisotopic (exact) mass is 280 g/mol. The first-order valence-electron chi connectivity index (χ1n) is 7.00. The van der Waals surface area contributed by atoms with Crippen molar-refractivity contribution in [3.63, 3.8) is 0 Å². The predicted octanol–water partition coefficient (Wildman–Crippen LogP) is 0.0315. The topological polar surface area (TPSA) is 46.9 Å². The zero-order valence-electron chi connectivity index (χ0n) is 12.1. The highest BCUT2D eigenvalue weighted by molar-refractivity contribution is 6.58. The molecule has 0 aromatic heterocycles. The molecule has 110 valence electrons. The third-order valence-electron chi connectivity index (χ3n) is 4.06. The highest BCUT2D eigenvalue weighted by Gasteiger charge is 2.21. The zero-order valence-corrected chi connectivity index (χ0v) is 12.1. The summed E-state index contributed by atoms with van der Waals surface area (Å²) in [6.45, 7) is 2.51. The Balaban J connectivity index is 1.94. The van der Waals surface area contributed by atoms with Gasteiger partial charge in [-0.2, -0.15) is 0 Å². The molecule has 1 aromatic carbocycles. The van der Waals surface area contributed by atoms with E-state index in [0.717, 1.165) is 25.9 Å². The molecule has 0 aliphatic carbocycles. The second-order valence-corrected chi connectivity index (χ2v) is 5.70. The molecule has 1 saturated heterocycles. The Morgan fingerprint density at radius 1 is 1.30 bits per heavy atom. The SMILES string of the molecule is CN(C)C1CCN(Cc2ccc(B(O)O)cc2F)CC1. The molecule has 0 radical (unpaired) electrons. The molecule has 2 rings (SSSR count). The molecule has 0 saturated carbocycles. The highest BCUT2D eigenvalue weighted by atomic mass is 19.1. The van der Waals surface area contributed by atoms with Crippen molar-refractivity contribution < 1.29 is 14.4 Å². The Hall–Kier alpha value is -0.945. The standard InChI is InChI=1S/C14H22BFN2O2/c1-17(2)13-5-7-18(8-6-13)10-11-3-4-12(15(19)20)9-14(11)16/h3-4,9,13,19-20H,5-8,10H2,1-2H3. The summed E-state index contributed by atoms with van der Waals surface area (Å²) in [5.41, 5.74) is 0.801. The minimum atomic E-state index is -1.62. The van der Waals surface area contributed by atoms with E-state index < -0.39 is 7.12 Å². The van der Waals surface area contributed by atoms with E-state index in [1.54, 1.807) is 12.1 Å². The van der Waals surface area contributed by atoms with Crippen LogP contribution in [0.3, 0.4) is 0 Å². The van der Waals surface area contributed by atoms with Crippen LogP contribution in [0.15, 0.2) is 18.2 Å². The lowest BCUT2D eigenvalue weighted by molar-refractivity contribution is 0.139. The number of rotatable bonds is 4. The van der Waals surface area contributed by atoms with Crippen LogP contribution < -0.4 is 5.46 Å². The van der Waals surface area contributed by atoms with Gasteiger partial charge < -0.3 is 14.9 Å². The van der Waals surface area contributed by atoms with E-state index in [1.807, 2.05) is 0 Å². The Labute approximate surface area is 120 Å². The molecular weight excluding hydrogens is 258 g/mol. The van der Waals surface area contributed by atoms with Crippen LogP contribution in [0.5, 0.6) is 0 Å². The molecule has 0 bridgehead atoms. The van der Waals surface area contributed by atoms with Gasteiger partial charge in [-0.05, 0) is 51.6 Å². The lowest BCUT2D eigenvalue weighted by Crippen LogP contribution is -2.41. The molecule has 4 nitrogen and oxygen atoms in total. The number of hydrogen-bond acceptors (Lipinski definition) is 4. The summed E-state index contributed by atoms with van der Waals surface area (Å²) in [4.78, 5) is 4.49. The summed E-state index contributed by atoms with van der Waals surface area (Å²) in [5, 5.41) is 18.0. The van der Waals surface area contributed by atoms with Crippen molar-refractivity contribution in [2.24, 2.45) is 0 Å². The van der Waals surface area contributed by atoms with Crippen molar-refractivity contribution in [1.29, 1.82) is 0 Å². The summed E-state index contributed by atoms with van der Waals surface area (Å²) in [6.07, 6.45) is 2.20. The van der Waals surface area contributed by atoms with E-state index in [4.69, 9.17) is 10.0 Å². The van der Waals surface area contributed by atoms with Crippen LogP contribution in [0.1, 0.15) is 18.4 Å². The van der Waals surface area contributed by atoms with Gasteiger partial charge in [-0.1, -0.05) is 12.1 Å². The summed E-state index contributed by atoms with van der Waals surface area (Å²) in [6, 6.07) is 5.02. The third kappa shape index (κ3) is 3.79. The van der Waals surface area contributed by atoms with Crippen LogP contribution in [0, 0.1) is 5.82 Å². The molecule has 20 heavy (non-hydrogen) atoms. The number of nitrogens with zero attached hydrogens (tertiary/aromatic N) is 2. The normalized spacial score (nSPS) is 17.7. The van der Waals surface area contributed by atoms with Crippen molar-refractivity contribution in [3.8, 4) is 0 Å². The van der Waals surface area contributed by atoms with Crippen LogP contribution >= 0.6 is 0 Å². The van der Waals surface area contributed by atoms with Gasteiger partial charge in [0.15, 0.2) is 0 Å². The van der Waals surface area contributed by atoms with Gasteiger partial charge in [-0.3, -0.25) is 4.90 Å². The van der Waals surface area contributed by atoms with Crippen molar-refractivity contribution in [2.75, 3.05) is 27.2 Å². The van der Waals surface area contributed by atoms with E-state index in [2.05, 4.69) is 23.9 Å². The molecule has 2 N–H and O–H groups in total. The van der Waals surface area contributed by atoms with Crippen molar-refractivity contribution in [3.05, 3.63) is 29.6 Å². The van der Waals surface area contributed by atoms with E-state index in [-0.39, 0.29) is 11.3 Å². The molecule has 6 heteroatoms. The Morgan fingerprint density at radius 2 is 1.95 bits per heavy atom. The van der Waals surface area contributed by atoms with Crippen molar-refractivity contribution in [2.45, 2.75) is 25.4 Å². The summed E-state index contributed by atoms with van der Waals surface area (Å²) in [5.74, 6) is -0.370. The maximum Gasteiger partial charge on any atom is 0.488 e. The molecule has 0 unspecified atom stereocenters. The third-order valence-corrected chi connectivity index (χ3v) is 4.06. The van der Waals surface area contributed by atoms with Gasteiger partial charge in [0, 0.05) is 18.2 Å². The minimum absolute atomic E-state index is 0.192. The second kappa shape index (κ2) is 6.67. The first kappa shape index (κ1) is 15.4. The smallest absolute Gasteiger partial charge is 0.423 e. The van der Waals surface area contributed by atoms with E-state index in [1.165, 1.54) is 6.07 Å². The largest absolute Gasteiger partial charge is 0.488 e. The first-order chi connectivity index (χ1) is 9.47. The lowest BCUT2D eigenvalue weighted by Gasteiger charge is -2.35. The van der Waals surface area contributed by atoms with E-state index >= 15 is 0 Å². The minimum Gasteiger partial charge on any atom is -0.423 e. The average molecular weight is 280 g/mol. The van der Waals surface area contributed by atoms with E-state index in [9.17, 15) is 4.39 Å². The fourth-order valence-electron chi connectivity index (χ4n) is 2.69. The van der Waals surface area contributed by atoms with Gasteiger partial charge in [0.25, 0.3) is 0 Å². The van der Waals surface area contributed by atoms with Crippen LogP contribution in [-0.4, -0.2) is 60.2 Å². The fraction of sp³-hybridized carbons (Fsp3) is 0.571. The first-order valence-corrected chi connectivity index (χ1v) is 7.00. The average Bonchev–Trinajstić information content (AvgIpc) is 2.41. The van der Waals surface area contributed by atoms with Crippen molar-refractivity contribution in [1.82, 2.24) is 9.80 Å². The molecule has 1 aliphatic rings. The molecule has 1 aromatic rings. The van der Waals surface area contributed by atoms with Gasteiger partial charge in [-0.25, -0.2) is 4.39 Å². The van der Waals surface area contributed by atoms with Gasteiger partial charge in [0.1, 0.15) is 5.82 Å².